The number of halogens is 3. The third-order valence-electron chi connectivity index (χ3n) is 2.33. The van der Waals surface area contributed by atoms with Gasteiger partial charge < -0.3 is 0 Å². The molecule has 1 unspecified atom stereocenters. The summed E-state index contributed by atoms with van der Waals surface area (Å²) in [6.45, 7) is 3.58. The second-order valence-electron chi connectivity index (χ2n) is 3.85. The summed E-state index contributed by atoms with van der Waals surface area (Å²) in [5.41, 5.74) is -0.620. The molecule has 5 heteroatoms. The van der Waals surface area contributed by atoms with Gasteiger partial charge in [0.15, 0.2) is 0 Å². The van der Waals surface area contributed by atoms with E-state index in [0.29, 0.717) is 10.9 Å². The van der Waals surface area contributed by atoms with Gasteiger partial charge in [-0.1, -0.05) is 0 Å². The minimum atomic E-state index is -4.28. The molecule has 1 N–H and O–H groups in total. The Morgan fingerprint density at radius 3 is 2.39 bits per heavy atom. The molecule has 100 valence electrons. The topological polar surface area (TPSA) is 20.2 Å². The molecule has 0 aliphatic heterocycles. The van der Waals surface area contributed by atoms with Crippen LogP contribution in [0.4, 0.5) is 13.2 Å². The van der Waals surface area contributed by atoms with E-state index in [9.17, 15) is 18.3 Å². The molecule has 1 rings (SSSR count). The van der Waals surface area contributed by atoms with E-state index in [0.717, 1.165) is 22.2 Å². The van der Waals surface area contributed by atoms with Crippen molar-refractivity contribution in [1.29, 1.82) is 0 Å². The molecular formula is C13H15F3OTe. The van der Waals surface area contributed by atoms with Crippen molar-refractivity contribution in [1.82, 2.24) is 0 Å². The quantitative estimate of drug-likeness (QED) is 0.602. The predicted molar refractivity (Wildman–Crippen MR) is 67.1 cm³/mol. The van der Waals surface area contributed by atoms with Crippen LogP contribution in [-0.4, -0.2) is 32.1 Å². The second-order valence-corrected chi connectivity index (χ2v) is 6.97. The molecule has 1 aromatic rings. The Morgan fingerprint density at radius 1 is 1.28 bits per heavy atom. The summed E-state index contributed by atoms with van der Waals surface area (Å²) in [5.74, 6) is 0. The predicted octanol–water partition coefficient (Wildman–Crippen LogP) is 2.78. The van der Waals surface area contributed by atoms with Crippen molar-refractivity contribution in [3.05, 3.63) is 42.5 Å². The number of aliphatic hydroxyl groups is 1. The van der Waals surface area contributed by atoms with Gasteiger partial charge >= 0.3 is 115 Å². The number of alkyl halides is 3. The van der Waals surface area contributed by atoms with Gasteiger partial charge in [-0.25, -0.2) is 0 Å². The van der Waals surface area contributed by atoms with Gasteiger partial charge in [0.1, 0.15) is 0 Å². The van der Waals surface area contributed by atoms with E-state index in [2.05, 4.69) is 6.58 Å². The van der Waals surface area contributed by atoms with E-state index in [4.69, 9.17) is 0 Å². The number of allylic oxidation sites excluding steroid dienone is 1. The molecule has 1 aromatic carbocycles. The second kappa shape index (κ2) is 7.18. The number of benzene rings is 1. The fraction of sp³-hybridized carbons (Fsp3) is 0.385. The van der Waals surface area contributed by atoms with Crippen molar-refractivity contribution in [2.45, 2.75) is 29.6 Å². The Hall–Kier alpha value is -0.500. The first-order valence-electron chi connectivity index (χ1n) is 5.52. The van der Waals surface area contributed by atoms with E-state index in [1.54, 1.807) is 6.08 Å². The number of aliphatic hydroxyl groups excluding tert-OH is 1. The van der Waals surface area contributed by atoms with Crippen molar-refractivity contribution in [2.75, 3.05) is 0 Å². The van der Waals surface area contributed by atoms with E-state index in [-0.39, 0.29) is 6.10 Å². The van der Waals surface area contributed by atoms with Crippen molar-refractivity contribution < 1.29 is 18.3 Å². The van der Waals surface area contributed by atoms with Gasteiger partial charge in [-0.15, -0.1) is 0 Å². The molecule has 0 saturated carbocycles. The standard InChI is InChI=1S/C13H15F3OTe/c1-2-3-4-11(17)9-18-12-7-5-10(6-8-12)13(14,15)16/h2,5-8,11,17H,1,3-4,9H2. The summed E-state index contributed by atoms with van der Waals surface area (Å²) in [4.78, 5) is 0. The Morgan fingerprint density at radius 2 is 1.89 bits per heavy atom. The summed E-state index contributed by atoms with van der Waals surface area (Å²) in [6.07, 6.45) is -1.45. The van der Waals surface area contributed by atoms with Crippen molar-refractivity contribution >= 4 is 24.5 Å². The molecule has 0 aliphatic rings. The summed E-state index contributed by atoms with van der Waals surface area (Å²) in [6, 6.07) is 5.25. The third kappa shape index (κ3) is 5.43. The Balaban J connectivity index is 2.46. The minimum absolute atomic E-state index is 0.368. The van der Waals surface area contributed by atoms with Gasteiger partial charge in [-0.05, 0) is 0 Å². The first-order valence-corrected chi connectivity index (χ1v) is 8.34. The SMILES string of the molecule is C=CCCC(O)C[Te]c1ccc(C(F)(F)F)cc1. The summed E-state index contributed by atoms with van der Waals surface area (Å²) < 4.78 is 38.6. The van der Waals surface area contributed by atoms with Gasteiger partial charge in [0.05, 0.1) is 0 Å². The van der Waals surface area contributed by atoms with Crippen LogP contribution in [0.3, 0.4) is 0 Å². The van der Waals surface area contributed by atoms with Crippen LogP contribution in [0.25, 0.3) is 0 Å². The number of hydrogen-bond acceptors (Lipinski definition) is 1. The maximum atomic E-state index is 12.3. The molecule has 0 bridgehead atoms. The first-order chi connectivity index (χ1) is 8.43. The van der Waals surface area contributed by atoms with Crippen molar-refractivity contribution in [3.8, 4) is 0 Å². The van der Waals surface area contributed by atoms with Gasteiger partial charge in [0, 0.05) is 0 Å². The molecule has 0 heterocycles. The summed E-state index contributed by atoms with van der Waals surface area (Å²) >= 11 is -0.616. The van der Waals surface area contributed by atoms with Crippen LogP contribution in [0, 0.1) is 0 Å². The van der Waals surface area contributed by atoms with Crippen LogP contribution in [0.1, 0.15) is 18.4 Å². The van der Waals surface area contributed by atoms with E-state index in [1.165, 1.54) is 12.1 Å². The van der Waals surface area contributed by atoms with Crippen LogP contribution < -0.4 is 3.61 Å². The zero-order valence-corrected chi connectivity index (χ0v) is 12.1. The molecule has 0 radical (unpaired) electrons. The average molecular weight is 372 g/mol. The van der Waals surface area contributed by atoms with E-state index >= 15 is 0 Å². The van der Waals surface area contributed by atoms with Gasteiger partial charge in [-0.2, -0.15) is 0 Å². The average Bonchev–Trinajstić information content (AvgIpc) is 2.33. The summed E-state index contributed by atoms with van der Waals surface area (Å²) in [7, 11) is 0. The number of rotatable bonds is 6. The Labute approximate surface area is 115 Å². The molecule has 0 amide bonds. The van der Waals surface area contributed by atoms with E-state index in [1.807, 2.05) is 0 Å². The van der Waals surface area contributed by atoms with Crippen molar-refractivity contribution in [2.24, 2.45) is 0 Å². The number of hydrogen-bond donors (Lipinski definition) is 1. The molecule has 0 fully saturated rings. The molecule has 18 heavy (non-hydrogen) atoms. The monoisotopic (exact) mass is 374 g/mol. The fourth-order valence-corrected chi connectivity index (χ4v) is 3.84. The van der Waals surface area contributed by atoms with Gasteiger partial charge in [0.25, 0.3) is 0 Å². The van der Waals surface area contributed by atoms with Gasteiger partial charge in [0.2, 0.25) is 0 Å². The normalized spacial score (nSPS) is 13.3. The molecule has 1 atom stereocenters. The van der Waals surface area contributed by atoms with Gasteiger partial charge in [-0.3, -0.25) is 0 Å². The maximum absolute atomic E-state index is 12.3. The Bertz CT molecular complexity index is 373. The van der Waals surface area contributed by atoms with Crippen LogP contribution in [0.15, 0.2) is 36.9 Å². The molecule has 0 saturated heterocycles. The molecule has 0 aliphatic carbocycles. The van der Waals surface area contributed by atoms with Crippen LogP contribution >= 0.6 is 0 Å². The zero-order chi connectivity index (χ0) is 13.6. The van der Waals surface area contributed by atoms with Crippen molar-refractivity contribution in [3.63, 3.8) is 0 Å². The molecule has 0 aromatic heterocycles. The Kier molecular flexibility index (Phi) is 6.20. The van der Waals surface area contributed by atoms with Crippen LogP contribution in [-0.2, 0) is 6.18 Å². The first kappa shape index (κ1) is 15.6. The third-order valence-corrected chi connectivity index (χ3v) is 5.63. The zero-order valence-electron chi connectivity index (χ0n) is 9.78. The molecule has 1 nitrogen and oxygen atoms in total. The van der Waals surface area contributed by atoms with Crippen LogP contribution in [0.5, 0.6) is 0 Å². The van der Waals surface area contributed by atoms with E-state index < -0.39 is 32.7 Å². The molecule has 0 spiro atoms. The summed E-state index contributed by atoms with van der Waals surface area (Å²) in [5, 5.41) is 9.63. The molecular weight excluding hydrogens is 357 g/mol. The van der Waals surface area contributed by atoms with Crippen LogP contribution in [0.2, 0.25) is 4.47 Å². The fourth-order valence-electron chi connectivity index (χ4n) is 1.33.